The summed E-state index contributed by atoms with van der Waals surface area (Å²) >= 11 is 0. The van der Waals surface area contributed by atoms with Gasteiger partial charge < -0.3 is 13.7 Å². The lowest BCUT2D eigenvalue weighted by Crippen LogP contribution is -2.10. The fourth-order valence-electron chi connectivity index (χ4n) is 5.69. The third-order valence-corrected chi connectivity index (χ3v) is 7.46. The Bertz CT molecular complexity index is 2100. The molecule has 0 aliphatic heterocycles. The van der Waals surface area contributed by atoms with Crippen LogP contribution in [0.4, 0.5) is 17.1 Å². The number of benzene rings is 6. The van der Waals surface area contributed by atoms with Crippen molar-refractivity contribution in [1.82, 2.24) is 0 Å². The maximum atomic E-state index is 6.64. The zero-order chi connectivity index (χ0) is 25.8. The van der Waals surface area contributed by atoms with Crippen molar-refractivity contribution in [3.8, 4) is 11.1 Å². The molecule has 3 nitrogen and oxygen atoms in total. The maximum absolute atomic E-state index is 6.64. The van der Waals surface area contributed by atoms with Crippen LogP contribution in [0.3, 0.4) is 0 Å². The highest BCUT2D eigenvalue weighted by atomic mass is 16.3. The van der Waals surface area contributed by atoms with E-state index in [1.165, 1.54) is 11.1 Å². The van der Waals surface area contributed by atoms with Crippen molar-refractivity contribution in [1.29, 1.82) is 0 Å². The smallest absolute Gasteiger partial charge is 0.160 e. The monoisotopic (exact) mass is 501 g/mol. The van der Waals surface area contributed by atoms with Crippen molar-refractivity contribution in [2.24, 2.45) is 0 Å². The number of furan rings is 2. The highest BCUT2D eigenvalue weighted by Crippen LogP contribution is 2.47. The first-order valence-corrected chi connectivity index (χ1v) is 13.1. The number of hydrogen-bond acceptors (Lipinski definition) is 3. The second kappa shape index (κ2) is 8.64. The molecule has 0 radical (unpaired) electrons. The number of rotatable bonds is 4. The molecule has 0 aliphatic rings. The molecule has 0 spiro atoms. The van der Waals surface area contributed by atoms with Crippen LogP contribution in [0.5, 0.6) is 0 Å². The standard InChI is InChI=1S/C36H23NO2/c1-3-11-24(12-4-1)25-19-21-27(22-20-25)37(26-13-5-2-6-14-26)30-23-33-34(28-15-7-9-17-31(28)38-33)35-29-16-8-10-18-32(29)39-36(30)35/h1-23H. The molecule has 184 valence electrons. The van der Waals surface area contributed by atoms with Gasteiger partial charge in [0.05, 0.1) is 5.69 Å². The van der Waals surface area contributed by atoms with Gasteiger partial charge in [-0.25, -0.2) is 0 Å². The van der Waals surface area contributed by atoms with Crippen LogP contribution in [0.1, 0.15) is 0 Å². The maximum Gasteiger partial charge on any atom is 0.160 e. The van der Waals surface area contributed by atoms with E-state index in [0.717, 1.165) is 60.9 Å². The Hall–Kier alpha value is -5.28. The summed E-state index contributed by atoms with van der Waals surface area (Å²) in [7, 11) is 0. The Morgan fingerprint density at radius 1 is 0.410 bits per heavy atom. The van der Waals surface area contributed by atoms with Gasteiger partial charge in [0, 0.05) is 39.0 Å². The molecule has 0 saturated heterocycles. The van der Waals surface area contributed by atoms with Crippen LogP contribution in [0.15, 0.2) is 148 Å². The molecule has 2 aromatic heterocycles. The van der Waals surface area contributed by atoms with Gasteiger partial charge in [0.1, 0.15) is 16.7 Å². The van der Waals surface area contributed by atoms with E-state index in [1.807, 2.05) is 36.4 Å². The van der Waals surface area contributed by atoms with E-state index in [4.69, 9.17) is 8.83 Å². The van der Waals surface area contributed by atoms with Crippen LogP contribution in [0.25, 0.3) is 55.0 Å². The second-order valence-electron chi connectivity index (χ2n) is 9.75. The molecule has 0 aliphatic carbocycles. The molecule has 8 aromatic rings. The first-order chi connectivity index (χ1) is 19.3. The van der Waals surface area contributed by atoms with E-state index in [1.54, 1.807) is 0 Å². The lowest BCUT2D eigenvalue weighted by Gasteiger charge is -2.25. The highest BCUT2D eigenvalue weighted by molar-refractivity contribution is 6.28. The van der Waals surface area contributed by atoms with Crippen LogP contribution in [-0.2, 0) is 0 Å². The van der Waals surface area contributed by atoms with Crippen molar-refractivity contribution in [2.75, 3.05) is 4.90 Å². The number of nitrogens with zero attached hydrogens (tertiary/aromatic N) is 1. The van der Waals surface area contributed by atoms with Crippen molar-refractivity contribution < 1.29 is 8.83 Å². The first-order valence-electron chi connectivity index (χ1n) is 13.1. The summed E-state index contributed by atoms with van der Waals surface area (Å²) in [5.41, 5.74) is 8.80. The van der Waals surface area contributed by atoms with E-state index in [0.29, 0.717) is 0 Å². The predicted molar refractivity (Wildman–Crippen MR) is 161 cm³/mol. The molecule has 0 atom stereocenters. The zero-order valence-corrected chi connectivity index (χ0v) is 21.0. The lowest BCUT2D eigenvalue weighted by atomic mass is 10.0. The number of para-hydroxylation sites is 3. The summed E-state index contributed by atoms with van der Waals surface area (Å²) in [6.07, 6.45) is 0. The minimum Gasteiger partial charge on any atom is -0.456 e. The Labute approximate surface area is 225 Å². The summed E-state index contributed by atoms with van der Waals surface area (Å²) in [5.74, 6) is 0. The van der Waals surface area contributed by atoms with E-state index in [2.05, 4.69) is 108 Å². The van der Waals surface area contributed by atoms with Crippen LogP contribution < -0.4 is 4.90 Å². The van der Waals surface area contributed by atoms with Gasteiger partial charge in [0.2, 0.25) is 0 Å². The SMILES string of the molecule is c1ccc(-c2ccc(N(c3ccccc3)c3cc4oc5ccccc5c4c4c3oc3ccccc34)cc2)cc1. The largest absolute Gasteiger partial charge is 0.456 e. The molecule has 0 amide bonds. The minimum absolute atomic E-state index is 0.839. The number of anilines is 3. The zero-order valence-electron chi connectivity index (χ0n) is 21.0. The van der Waals surface area contributed by atoms with E-state index in [9.17, 15) is 0 Å². The molecule has 0 saturated carbocycles. The molecule has 8 rings (SSSR count). The molecule has 0 N–H and O–H groups in total. The van der Waals surface area contributed by atoms with Crippen molar-refractivity contribution >= 4 is 60.9 Å². The summed E-state index contributed by atoms with van der Waals surface area (Å²) < 4.78 is 13.1. The van der Waals surface area contributed by atoms with Gasteiger partial charge in [-0.15, -0.1) is 0 Å². The first kappa shape index (κ1) is 21.8. The van der Waals surface area contributed by atoms with Gasteiger partial charge in [-0.1, -0.05) is 97.1 Å². The van der Waals surface area contributed by atoms with Gasteiger partial charge in [0.15, 0.2) is 5.58 Å². The minimum atomic E-state index is 0.839. The molecule has 0 bridgehead atoms. The average Bonchev–Trinajstić information content (AvgIpc) is 3.57. The Morgan fingerprint density at radius 2 is 0.949 bits per heavy atom. The third-order valence-electron chi connectivity index (χ3n) is 7.46. The van der Waals surface area contributed by atoms with Gasteiger partial charge in [0.25, 0.3) is 0 Å². The molecule has 0 unspecified atom stereocenters. The molecular weight excluding hydrogens is 478 g/mol. The van der Waals surface area contributed by atoms with Gasteiger partial charge in [-0.05, 0) is 47.5 Å². The quantitative estimate of drug-likeness (QED) is 0.240. The predicted octanol–water partition coefficient (Wildman–Crippen LogP) is 10.6. The molecule has 3 heteroatoms. The molecule has 2 heterocycles. The molecule has 0 fully saturated rings. The van der Waals surface area contributed by atoms with Gasteiger partial charge >= 0.3 is 0 Å². The summed E-state index contributed by atoms with van der Waals surface area (Å²) in [4.78, 5) is 2.26. The van der Waals surface area contributed by atoms with Crippen LogP contribution in [-0.4, -0.2) is 0 Å². The molecular formula is C36H23NO2. The Balaban J connectivity index is 1.44. The average molecular weight is 502 g/mol. The van der Waals surface area contributed by atoms with Crippen molar-refractivity contribution in [3.63, 3.8) is 0 Å². The van der Waals surface area contributed by atoms with Crippen molar-refractivity contribution in [3.05, 3.63) is 140 Å². The second-order valence-corrected chi connectivity index (χ2v) is 9.75. The van der Waals surface area contributed by atoms with E-state index in [-0.39, 0.29) is 0 Å². The van der Waals surface area contributed by atoms with E-state index >= 15 is 0 Å². The van der Waals surface area contributed by atoms with Crippen LogP contribution in [0, 0.1) is 0 Å². The number of hydrogen-bond donors (Lipinski definition) is 0. The van der Waals surface area contributed by atoms with Crippen LogP contribution in [0.2, 0.25) is 0 Å². The Kier molecular flexibility index (Phi) is 4.82. The molecule has 39 heavy (non-hydrogen) atoms. The Morgan fingerprint density at radius 3 is 1.67 bits per heavy atom. The summed E-state index contributed by atoms with van der Waals surface area (Å²) in [5, 5.41) is 4.33. The summed E-state index contributed by atoms with van der Waals surface area (Å²) in [6, 6.07) is 48.2. The third kappa shape index (κ3) is 3.44. The number of fused-ring (bicyclic) bond motifs is 7. The summed E-state index contributed by atoms with van der Waals surface area (Å²) in [6.45, 7) is 0. The van der Waals surface area contributed by atoms with Crippen LogP contribution >= 0.6 is 0 Å². The lowest BCUT2D eigenvalue weighted by molar-refractivity contribution is 0.663. The normalized spacial score (nSPS) is 11.6. The topological polar surface area (TPSA) is 29.5 Å². The van der Waals surface area contributed by atoms with E-state index < -0.39 is 0 Å². The van der Waals surface area contributed by atoms with Crippen molar-refractivity contribution in [2.45, 2.75) is 0 Å². The van der Waals surface area contributed by atoms with Gasteiger partial charge in [-0.2, -0.15) is 0 Å². The fourth-order valence-corrected chi connectivity index (χ4v) is 5.69. The molecule has 6 aromatic carbocycles. The fraction of sp³-hybridized carbons (Fsp3) is 0. The van der Waals surface area contributed by atoms with Gasteiger partial charge in [-0.3, -0.25) is 0 Å². The highest BCUT2D eigenvalue weighted by Gasteiger charge is 2.24.